The molecule has 6 nitrogen and oxygen atoms in total. The third kappa shape index (κ3) is 4.54. The number of nitrogens with zero attached hydrogens (tertiary/aromatic N) is 2. The van der Waals surface area contributed by atoms with Gasteiger partial charge in [0.25, 0.3) is 5.91 Å². The van der Waals surface area contributed by atoms with Gasteiger partial charge in [-0.05, 0) is 45.0 Å². The molecule has 1 aliphatic heterocycles. The Kier molecular flexibility index (Phi) is 5.02. The van der Waals surface area contributed by atoms with E-state index in [-0.39, 0.29) is 30.1 Å². The normalized spacial score (nSPS) is 19.7. The summed E-state index contributed by atoms with van der Waals surface area (Å²) in [6.45, 7) is 6.78. The van der Waals surface area contributed by atoms with E-state index in [0.29, 0.717) is 24.2 Å². The molecule has 1 atom stereocenters. The molecule has 0 unspecified atom stereocenters. The molecule has 1 aromatic carbocycles. The number of carbonyl (C=O) groups is 2. The van der Waals surface area contributed by atoms with Crippen LogP contribution < -0.4 is 5.32 Å². The van der Waals surface area contributed by atoms with Gasteiger partial charge in [0.05, 0.1) is 29.9 Å². The molecule has 2 rings (SSSR count). The van der Waals surface area contributed by atoms with E-state index in [0.717, 1.165) is 0 Å². The summed E-state index contributed by atoms with van der Waals surface area (Å²) in [5, 5.41) is 11.4. The molecule has 1 aliphatic rings. The molecule has 1 N–H and O–H groups in total. The van der Waals surface area contributed by atoms with Crippen LogP contribution in [0.4, 0.5) is 0 Å². The second-order valence-electron chi connectivity index (χ2n) is 6.33. The topological polar surface area (TPSA) is 82.4 Å². The molecule has 1 fully saturated rings. The zero-order valence-corrected chi connectivity index (χ0v) is 13.6. The van der Waals surface area contributed by atoms with Gasteiger partial charge in [-0.2, -0.15) is 5.26 Å². The predicted molar refractivity (Wildman–Crippen MR) is 84.7 cm³/mol. The van der Waals surface area contributed by atoms with Crippen molar-refractivity contribution in [3.8, 4) is 6.07 Å². The van der Waals surface area contributed by atoms with Crippen molar-refractivity contribution < 1.29 is 14.3 Å². The first-order valence-electron chi connectivity index (χ1n) is 7.55. The lowest BCUT2D eigenvalue weighted by atomic mass is 10.1. The molecule has 0 bridgehead atoms. The molecule has 1 aromatic rings. The summed E-state index contributed by atoms with van der Waals surface area (Å²) in [4.78, 5) is 26.0. The van der Waals surface area contributed by atoms with Gasteiger partial charge in [0.15, 0.2) is 0 Å². The quantitative estimate of drug-likeness (QED) is 0.912. The van der Waals surface area contributed by atoms with Crippen molar-refractivity contribution in [1.82, 2.24) is 10.2 Å². The van der Waals surface area contributed by atoms with Crippen molar-refractivity contribution in [1.29, 1.82) is 5.26 Å². The molecule has 23 heavy (non-hydrogen) atoms. The number of hydrogen-bond acceptors (Lipinski definition) is 4. The van der Waals surface area contributed by atoms with Gasteiger partial charge in [-0.1, -0.05) is 0 Å². The number of benzene rings is 1. The van der Waals surface area contributed by atoms with E-state index in [9.17, 15) is 9.59 Å². The van der Waals surface area contributed by atoms with E-state index >= 15 is 0 Å². The maximum Gasteiger partial charge on any atom is 0.251 e. The highest BCUT2D eigenvalue weighted by molar-refractivity contribution is 5.96. The Balaban J connectivity index is 1.90. The van der Waals surface area contributed by atoms with E-state index < -0.39 is 0 Å². The second kappa shape index (κ2) is 6.80. The van der Waals surface area contributed by atoms with Crippen molar-refractivity contribution in [2.75, 3.05) is 19.6 Å². The zero-order valence-electron chi connectivity index (χ0n) is 13.6. The number of carbonyl (C=O) groups excluding carboxylic acids is 2. The smallest absolute Gasteiger partial charge is 0.251 e. The van der Waals surface area contributed by atoms with E-state index in [1.54, 1.807) is 29.2 Å². The van der Waals surface area contributed by atoms with E-state index in [1.807, 2.05) is 26.8 Å². The van der Waals surface area contributed by atoms with Crippen LogP contribution in [0.15, 0.2) is 24.3 Å². The first-order chi connectivity index (χ1) is 10.8. The lowest BCUT2D eigenvalue weighted by Crippen LogP contribution is -2.55. The summed E-state index contributed by atoms with van der Waals surface area (Å²) in [7, 11) is 0. The number of rotatable bonds is 3. The Bertz CT molecular complexity index is 631. The molecule has 0 radical (unpaired) electrons. The standard InChI is InChI=1S/C17H21N3O3/c1-12-10-20(11-17(2,3)23-12)15(21)9-19-16(22)14-6-4-13(8-18)5-7-14/h4-7,12H,9-11H2,1-3H3,(H,19,22)/t12-/m1/s1. The number of nitrogens with one attached hydrogen (secondary N) is 1. The fourth-order valence-electron chi connectivity index (χ4n) is 2.71. The van der Waals surface area contributed by atoms with Crippen LogP contribution in [0.1, 0.15) is 36.7 Å². The summed E-state index contributed by atoms with van der Waals surface area (Å²) in [5.74, 6) is -0.460. The van der Waals surface area contributed by atoms with E-state index in [4.69, 9.17) is 10.00 Å². The van der Waals surface area contributed by atoms with Crippen LogP contribution in [0.3, 0.4) is 0 Å². The SMILES string of the molecule is C[C@@H]1CN(C(=O)CNC(=O)c2ccc(C#N)cc2)CC(C)(C)O1. The van der Waals surface area contributed by atoms with Crippen molar-refractivity contribution in [3.63, 3.8) is 0 Å². The number of amides is 2. The number of ether oxygens (including phenoxy) is 1. The van der Waals surface area contributed by atoms with Gasteiger partial charge in [0.1, 0.15) is 0 Å². The Morgan fingerprint density at radius 3 is 2.61 bits per heavy atom. The summed E-state index contributed by atoms with van der Waals surface area (Å²) >= 11 is 0. The maximum atomic E-state index is 12.3. The lowest BCUT2D eigenvalue weighted by molar-refractivity contribution is -0.157. The molecular formula is C17H21N3O3. The van der Waals surface area contributed by atoms with Crippen molar-refractivity contribution in [2.24, 2.45) is 0 Å². The molecule has 0 spiro atoms. The largest absolute Gasteiger partial charge is 0.369 e. The molecule has 1 saturated heterocycles. The second-order valence-corrected chi connectivity index (χ2v) is 6.33. The molecule has 122 valence electrons. The van der Waals surface area contributed by atoms with Crippen molar-refractivity contribution in [3.05, 3.63) is 35.4 Å². The highest BCUT2D eigenvalue weighted by atomic mass is 16.5. The van der Waals surface area contributed by atoms with Crippen LogP contribution >= 0.6 is 0 Å². The molecule has 2 amide bonds. The van der Waals surface area contributed by atoms with Gasteiger partial charge in [0.2, 0.25) is 5.91 Å². The average Bonchev–Trinajstić information content (AvgIpc) is 2.50. The number of hydrogen-bond donors (Lipinski definition) is 1. The molecule has 0 aromatic heterocycles. The molecule has 1 heterocycles. The summed E-state index contributed by atoms with van der Waals surface area (Å²) < 4.78 is 5.76. The van der Waals surface area contributed by atoms with Gasteiger partial charge in [0, 0.05) is 18.7 Å². The third-order valence-electron chi connectivity index (χ3n) is 3.60. The summed E-state index contributed by atoms with van der Waals surface area (Å²) in [6, 6.07) is 8.27. The summed E-state index contributed by atoms with van der Waals surface area (Å²) in [6.07, 6.45) is -0.0306. The third-order valence-corrected chi connectivity index (χ3v) is 3.60. The van der Waals surface area contributed by atoms with Crippen LogP contribution in [0.25, 0.3) is 0 Å². The van der Waals surface area contributed by atoms with Gasteiger partial charge < -0.3 is 15.0 Å². The lowest BCUT2D eigenvalue weighted by Gasteiger charge is -2.41. The Labute approximate surface area is 136 Å². The monoisotopic (exact) mass is 315 g/mol. The van der Waals surface area contributed by atoms with Crippen LogP contribution in [0.2, 0.25) is 0 Å². The molecule has 0 saturated carbocycles. The van der Waals surface area contributed by atoms with E-state index in [2.05, 4.69) is 5.32 Å². The highest BCUT2D eigenvalue weighted by Crippen LogP contribution is 2.20. The minimum atomic E-state index is -0.384. The van der Waals surface area contributed by atoms with E-state index in [1.165, 1.54) is 0 Å². The minimum Gasteiger partial charge on any atom is -0.369 e. The van der Waals surface area contributed by atoms with Crippen LogP contribution in [0, 0.1) is 11.3 Å². The van der Waals surface area contributed by atoms with Crippen molar-refractivity contribution >= 4 is 11.8 Å². The number of morpholine rings is 1. The Morgan fingerprint density at radius 1 is 1.39 bits per heavy atom. The van der Waals surface area contributed by atoms with Crippen LogP contribution in [0.5, 0.6) is 0 Å². The molecular weight excluding hydrogens is 294 g/mol. The molecule has 0 aliphatic carbocycles. The molecule has 6 heteroatoms. The van der Waals surface area contributed by atoms with Gasteiger partial charge in [-0.15, -0.1) is 0 Å². The minimum absolute atomic E-state index is 0.0306. The average molecular weight is 315 g/mol. The first-order valence-corrected chi connectivity index (χ1v) is 7.55. The van der Waals surface area contributed by atoms with Crippen molar-refractivity contribution in [2.45, 2.75) is 32.5 Å². The van der Waals surface area contributed by atoms with Gasteiger partial charge in [-0.25, -0.2) is 0 Å². The van der Waals surface area contributed by atoms with Crippen LogP contribution in [-0.2, 0) is 9.53 Å². The summed E-state index contributed by atoms with van der Waals surface area (Å²) in [5.41, 5.74) is 0.527. The maximum absolute atomic E-state index is 12.3. The fourth-order valence-corrected chi connectivity index (χ4v) is 2.71. The predicted octanol–water partition coefficient (Wildman–Crippen LogP) is 1.31. The Morgan fingerprint density at radius 2 is 2.04 bits per heavy atom. The Hall–Kier alpha value is -2.39. The number of nitriles is 1. The highest BCUT2D eigenvalue weighted by Gasteiger charge is 2.33. The van der Waals surface area contributed by atoms with Gasteiger partial charge >= 0.3 is 0 Å². The first kappa shape index (κ1) is 17.0. The van der Waals surface area contributed by atoms with Crippen LogP contribution in [-0.4, -0.2) is 48.1 Å². The fraction of sp³-hybridized carbons (Fsp3) is 0.471. The van der Waals surface area contributed by atoms with Gasteiger partial charge in [-0.3, -0.25) is 9.59 Å². The zero-order chi connectivity index (χ0) is 17.0.